The second kappa shape index (κ2) is 4.21. The van der Waals surface area contributed by atoms with Gasteiger partial charge < -0.3 is 5.32 Å². The van der Waals surface area contributed by atoms with Crippen molar-refractivity contribution in [2.75, 3.05) is 13.6 Å². The van der Waals surface area contributed by atoms with Crippen LogP contribution >= 0.6 is 11.6 Å². The number of hydrogen-bond donors (Lipinski definition) is 1. The summed E-state index contributed by atoms with van der Waals surface area (Å²) in [4.78, 5) is 4.27. The van der Waals surface area contributed by atoms with Crippen LogP contribution in [0.2, 0.25) is 5.28 Å². The molecule has 3 nitrogen and oxygen atoms in total. The molecule has 4 heteroatoms. The van der Waals surface area contributed by atoms with Crippen LogP contribution in [0.15, 0.2) is 18.2 Å². The highest BCUT2D eigenvalue weighted by molar-refractivity contribution is 6.28. The number of hydrogen-bond acceptors (Lipinski definition) is 2. The summed E-state index contributed by atoms with van der Waals surface area (Å²) in [6.07, 6.45) is 0.948. The Labute approximate surface area is 94.1 Å². The lowest BCUT2D eigenvalue weighted by Crippen LogP contribution is -2.12. The standard InChI is InChI=1S/C11H14ClN3/c1-8-10-5-3-4-9(6-7-13-2)15(10)11(12)14-8/h3-5,13H,6-7H2,1-2H3. The largest absolute Gasteiger partial charge is 0.319 e. The summed E-state index contributed by atoms with van der Waals surface area (Å²) in [5, 5.41) is 3.68. The van der Waals surface area contributed by atoms with Crippen molar-refractivity contribution in [1.29, 1.82) is 0 Å². The number of imidazole rings is 1. The zero-order chi connectivity index (χ0) is 10.8. The summed E-state index contributed by atoms with van der Waals surface area (Å²) in [7, 11) is 1.95. The average molecular weight is 224 g/mol. The van der Waals surface area contributed by atoms with E-state index in [9.17, 15) is 0 Å². The predicted molar refractivity (Wildman–Crippen MR) is 62.6 cm³/mol. The maximum absolute atomic E-state index is 6.09. The van der Waals surface area contributed by atoms with Crippen LogP contribution in [0, 0.1) is 6.92 Å². The smallest absolute Gasteiger partial charge is 0.207 e. The van der Waals surface area contributed by atoms with Crippen LogP contribution in [0.4, 0.5) is 0 Å². The number of pyridine rings is 1. The van der Waals surface area contributed by atoms with Crippen molar-refractivity contribution in [3.05, 3.63) is 34.9 Å². The molecule has 0 spiro atoms. The Hall–Kier alpha value is -1.06. The fourth-order valence-electron chi connectivity index (χ4n) is 1.75. The van der Waals surface area contributed by atoms with Crippen molar-refractivity contribution >= 4 is 17.1 Å². The van der Waals surface area contributed by atoms with E-state index in [1.807, 2.05) is 30.5 Å². The van der Waals surface area contributed by atoms with E-state index in [4.69, 9.17) is 11.6 Å². The lowest BCUT2D eigenvalue weighted by molar-refractivity contribution is 0.767. The molecule has 0 aliphatic rings. The topological polar surface area (TPSA) is 29.3 Å². The normalized spacial score (nSPS) is 11.1. The van der Waals surface area contributed by atoms with Crippen molar-refractivity contribution in [3.8, 4) is 0 Å². The SMILES string of the molecule is CNCCc1cccc2c(C)nc(Cl)n12. The van der Waals surface area contributed by atoms with E-state index in [1.165, 1.54) is 5.69 Å². The number of aryl methyl sites for hydroxylation is 1. The van der Waals surface area contributed by atoms with E-state index in [1.54, 1.807) is 0 Å². The maximum atomic E-state index is 6.09. The summed E-state index contributed by atoms with van der Waals surface area (Å²) in [5.41, 5.74) is 3.26. The molecule has 15 heavy (non-hydrogen) atoms. The third-order valence-corrected chi connectivity index (χ3v) is 2.77. The number of aromatic nitrogens is 2. The van der Waals surface area contributed by atoms with E-state index in [0.717, 1.165) is 24.2 Å². The summed E-state index contributed by atoms with van der Waals surface area (Å²) in [6, 6.07) is 6.17. The molecule has 0 saturated carbocycles. The van der Waals surface area contributed by atoms with Gasteiger partial charge in [0.1, 0.15) is 0 Å². The Kier molecular flexibility index (Phi) is 2.93. The van der Waals surface area contributed by atoms with Gasteiger partial charge in [-0.15, -0.1) is 0 Å². The van der Waals surface area contributed by atoms with Crippen molar-refractivity contribution < 1.29 is 0 Å². The molecule has 2 heterocycles. The van der Waals surface area contributed by atoms with Crippen molar-refractivity contribution in [3.63, 3.8) is 0 Å². The first-order valence-corrected chi connectivity index (χ1v) is 5.39. The molecule has 0 unspecified atom stereocenters. The molecule has 0 bridgehead atoms. The Morgan fingerprint density at radius 1 is 1.47 bits per heavy atom. The Morgan fingerprint density at radius 3 is 3.00 bits per heavy atom. The van der Waals surface area contributed by atoms with Gasteiger partial charge in [-0.2, -0.15) is 0 Å². The Bertz CT molecular complexity index is 476. The van der Waals surface area contributed by atoms with Gasteiger partial charge in [0.05, 0.1) is 11.2 Å². The first kappa shape index (κ1) is 10.5. The van der Waals surface area contributed by atoms with Gasteiger partial charge in [-0.25, -0.2) is 4.98 Å². The molecule has 2 rings (SSSR count). The van der Waals surface area contributed by atoms with E-state index in [-0.39, 0.29) is 0 Å². The van der Waals surface area contributed by atoms with Gasteiger partial charge in [-0.1, -0.05) is 6.07 Å². The molecule has 1 N–H and O–H groups in total. The van der Waals surface area contributed by atoms with Gasteiger partial charge in [-0.3, -0.25) is 4.40 Å². The number of fused-ring (bicyclic) bond motifs is 1. The van der Waals surface area contributed by atoms with Gasteiger partial charge in [0.2, 0.25) is 5.28 Å². The second-order valence-corrected chi connectivity index (χ2v) is 3.90. The third-order valence-electron chi connectivity index (χ3n) is 2.52. The second-order valence-electron chi connectivity index (χ2n) is 3.56. The minimum Gasteiger partial charge on any atom is -0.319 e. The van der Waals surface area contributed by atoms with Gasteiger partial charge in [0.15, 0.2) is 0 Å². The van der Waals surface area contributed by atoms with Gasteiger partial charge >= 0.3 is 0 Å². The molecule has 80 valence electrons. The van der Waals surface area contributed by atoms with Crippen LogP contribution in [0.5, 0.6) is 0 Å². The van der Waals surface area contributed by atoms with Gasteiger partial charge in [-0.05, 0) is 37.7 Å². The molecule has 0 aromatic carbocycles. The maximum Gasteiger partial charge on any atom is 0.207 e. The zero-order valence-electron chi connectivity index (χ0n) is 8.92. The first-order valence-electron chi connectivity index (χ1n) is 5.01. The number of likely N-dealkylation sites (N-methyl/N-ethyl adjacent to an activating group) is 1. The van der Waals surface area contributed by atoms with E-state index >= 15 is 0 Å². The zero-order valence-corrected chi connectivity index (χ0v) is 9.67. The lowest BCUT2D eigenvalue weighted by atomic mass is 10.2. The third kappa shape index (κ3) is 1.85. The summed E-state index contributed by atoms with van der Waals surface area (Å²) >= 11 is 6.09. The Balaban J connectivity index is 2.54. The minimum absolute atomic E-state index is 0.550. The average Bonchev–Trinajstić information content (AvgIpc) is 2.53. The van der Waals surface area contributed by atoms with E-state index in [2.05, 4.69) is 16.4 Å². The molecule has 0 saturated heterocycles. The molecular formula is C11H14ClN3. The number of halogens is 1. The molecular weight excluding hydrogens is 210 g/mol. The first-order chi connectivity index (χ1) is 7.24. The summed E-state index contributed by atoms with van der Waals surface area (Å²) in [5.74, 6) is 0. The number of nitrogens with one attached hydrogen (secondary N) is 1. The van der Waals surface area contributed by atoms with Crippen LogP contribution in [-0.4, -0.2) is 23.0 Å². The lowest BCUT2D eigenvalue weighted by Gasteiger charge is -2.05. The van der Waals surface area contributed by atoms with Crippen LogP contribution in [0.25, 0.3) is 5.52 Å². The molecule has 0 aliphatic carbocycles. The predicted octanol–water partition coefficient (Wildman–Crippen LogP) is 2.06. The van der Waals surface area contributed by atoms with Crippen LogP contribution in [-0.2, 0) is 6.42 Å². The summed E-state index contributed by atoms with van der Waals surface area (Å²) < 4.78 is 2.01. The molecule has 0 aliphatic heterocycles. The van der Waals surface area contributed by atoms with Crippen LogP contribution in [0.3, 0.4) is 0 Å². The molecule has 0 fully saturated rings. The molecule has 2 aromatic heterocycles. The highest BCUT2D eigenvalue weighted by Crippen LogP contribution is 2.18. The van der Waals surface area contributed by atoms with E-state index < -0.39 is 0 Å². The van der Waals surface area contributed by atoms with E-state index in [0.29, 0.717) is 5.28 Å². The highest BCUT2D eigenvalue weighted by Gasteiger charge is 2.08. The van der Waals surface area contributed by atoms with Crippen molar-refractivity contribution in [1.82, 2.24) is 14.7 Å². The van der Waals surface area contributed by atoms with Gasteiger partial charge in [0, 0.05) is 18.7 Å². The monoisotopic (exact) mass is 223 g/mol. The number of nitrogens with zero attached hydrogens (tertiary/aromatic N) is 2. The molecule has 0 radical (unpaired) electrons. The highest BCUT2D eigenvalue weighted by atomic mass is 35.5. The minimum atomic E-state index is 0.550. The number of rotatable bonds is 3. The van der Waals surface area contributed by atoms with Crippen LogP contribution in [0.1, 0.15) is 11.4 Å². The quantitative estimate of drug-likeness (QED) is 0.863. The molecule has 0 atom stereocenters. The van der Waals surface area contributed by atoms with Gasteiger partial charge in [0.25, 0.3) is 0 Å². The summed E-state index contributed by atoms with van der Waals surface area (Å²) in [6.45, 7) is 2.91. The fraction of sp³-hybridized carbons (Fsp3) is 0.364. The van der Waals surface area contributed by atoms with Crippen molar-refractivity contribution in [2.24, 2.45) is 0 Å². The molecule has 0 amide bonds. The Morgan fingerprint density at radius 2 is 2.27 bits per heavy atom. The fourth-order valence-corrected chi connectivity index (χ4v) is 2.07. The molecule has 2 aromatic rings. The van der Waals surface area contributed by atoms with Crippen LogP contribution < -0.4 is 5.32 Å². The van der Waals surface area contributed by atoms with Crippen molar-refractivity contribution in [2.45, 2.75) is 13.3 Å².